The van der Waals surface area contributed by atoms with E-state index >= 15 is 0 Å². The molecule has 100 valence electrons. The quantitative estimate of drug-likeness (QED) is 0.894. The van der Waals surface area contributed by atoms with Crippen LogP contribution in [0.25, 0.3) is 0 Å². The average Bonchev–Trinajstić information content (AvgIpc) is 2.29. The summed E-state index contributed by atoms with van der Waals surface area (Å²) in [5.41, 5.74) is 4.48. The lowest BCUT2D eigenvalue weighted by Gasteiger charge is -2.13. The minimum Gasteiger partial charge on any atom is -0.325 e. The molecule has 1 atom stereocenters. The van der Waals surface area contributed by atoms with E-state index in [2.05, 4.69) is 5.32 Å². The van der Waals surface area contributed by atoms with Gasteiger partial charge in [0, 0.05) is 5.69 Å². The lowest BCUT2D eigenvalue weighted by atomic mass is 10.1. The highest BCUT2D eigenvalue weighted by molar-refractivity contribution is 6.31. The Bertz CT molecular complexity index is 448. The standard InChI is InChI=1S/C11H12ClF3N2O/c1-2-9(16)10(18)17-6-3-4-8(12)7(5-6)11(13,14)15/h3-5,9H,2,16H2,1H3,(H,17,18)/t9-/m0/s1. The van der Waals surface area contributed by atoms with Gasteiger partial charge in [-0.3, -0.25) is 4.79 Å². The summed E-state index contributed by atoms with van der Waals surface area (Å²) in [4.78, 5) is 11.4. The molecule has 0 spiro atoms. The molecule has 7 heteroatoms. The number of rotatable bonds is 3. The molecule has 0 aliphatic heterocycles. The molecule has 1 aromatic carbocycles. The molecule has 0 aromatic heterocycles. The third kappa shape index (κ3) is 3.61. The number of hydrogen-bond donors (Lipinski definition) is 2. The van der Waals surface area contributed by atoms with Gasteiger partial charge in [-0.25, -0.2) is 0 Å². The zero-order chi connectivity index (χ0) is 13.9. The van der Waals surface area contributed by atoms with E-state index in [9.17, 15) is 18.0 Å². The second kappa shape index (κ2) is 5.58. The molecule has 1 rings (SSSR count). The van der Waals surface area contributed by atoms with E-state index in [4.69, 9.17) is 17.3 Å². The Morgan fingerprint density at radius 1 is 1.50 bits per heavy atom. The molecule has 1 amide bonds. The maximum atomic E-state index is 12.6. The molecule has 0 unspecified atom stereocenters. The van der Waals surface area contributed by atoms with E-state index in [-0.39, 0.29) is 5.69 Å². The zero-order valence-electron chi connectivity index (χ0n) is 9.51. The number of nitrogens with one attached hydrogen (secondary N) is 1. The number of amides is 1. The number of halogens is 4. The van der Waals surface area contributed by atoms with E-state index < -0.39 is 28.7 Å². The van der Waals surface area contributed by atoms with Crippen LogP contribution in [-0.4, -0.2) is 11.9 Å². The van der Waals surface area contributed by atoms with E-state index in [1.54, 1.807) is 6.92 Å². The fourth-order valence-electron chi connectivity index (χ4n) is 1.24. The van der Waals surface area contributed by atoms with Crippen molar-refractivity contribution in [2.24, 2.45) is 5.73 Å². The maximum Gasteiger partial charge on any atom is 0.417 e. The molecular formula is C11H12ClF3N2O. The average molecular weight is 281 g/mol. The maximum absolute atomic E-state index is 12.6. The SMILES string of the molecule is CC[C@H](N)C(=O)Nc1ccc(Cl)c(C(F)(F)F)c1. The number of hydrogen-bond acceptors (Lipinski definition) is 2. The van der Waals surface area contributed by atoms with E-state index in [1.165, 1.54) is 6.07 Å². The van der Waals surface area contributed by atoms with Gasteiger partial charge in [0.15, 0.2) is 0 Å². The van der Waals surface area contributed by atoms with Gasteiger partial charge < -0.3 is 11.1 Å². The lowest BCUT2D eigenvalue weighted by Crippen LogP contribution is -2.34. The van der Waals surface area contributed by atoms with Crippen LogP contribution >= 0.6 is 11.6 Å². The number of anilines is 1. The first kappa shape index (κ1) is 14.8. The van der Waals surface area contributed by atoms with Crippen molar-refractivity contribution in [2.45, 2.75) is 25.6 Å². The molecular weight excluding hydrogens is 269 g/mol. The van der Waals surface area contributed by atoms with Gasteiger partial charge in [-0.15, -0.1) is 0 Å². The minimum atomic E-state index is -4.56. The van der Waals surface area contributed by atoms with Crippen molar-refractivity contribution in [3.05, 3.63) is 28.8 Å². The predicted molar refractivity (Wildman–Crippen MR) is 63.4 cm³/mol. The Hall–Kier alpha value is -1.27. The lowest BCUT2D eigenvalue weighted by molar-refractivity contribution is -0.137. The normalized spacial score (nSPS) is 13.2. The molecule has 0 fully saturated rings. The molecule has 3 nitrogen and oxygen atoms in total. The highest BCUT2D eigenvalue weighted by atomic mass is 35.5. The molecule has 0 bridgehead atoms. The third-order valence-corrected chi connectivity index (χ3v) is 2.65. The van der Waals surface area contributed by atoms with Crippen LogP contribution in [0, 0.1) is 0 Å². The van der Waals surface area contributed by atoms with Crippen LogP contribution in [0.4, 0.5) is 18.9 Å². The van der Waals surface area contributed by atoms with Gasteiger partial charge in [0.2, 0.25) is 5.91 Å². The number of carbonyl (C=O) groups excluding carboxylic acids is 1. The second-order valence-electron chi connectivity index (χ2n) is 3.70. The largest absolute Gasteiger partial charge is 0.417 e. The monoisotopic (exact) mass is 280 g/mol. The van der Waals surface area contributed by atoms with Crippen LogP contribution in [-0.2, 0) is 11.0 Å². The number of alkyl halides is 3. The molecule has 1 aromatic rings. The van der Waals surface area contributed by atoms with Crippen molar-refractivity contribution in [1.29, 1.82) is 0 Å². The molecule has 0 radical (unpaired) electrons. The fraction of sp³-hybridized carbons (Fsp3) is 0.364. The first-order chi connectivity index (χ1) is 8.25. The highest BCUT2D eigenvalue weighted by Gasteiger charge is 2.33. The summed E-state index contributed by atoms with van der Waals surface area (Å²) in [7, 11) is 0. The number of nitrogens with two attached hydrogens (primary N) is 1. The van der Waals surface area contributed by atoms with Crippen LogP contribution in [0.3, 0.4) is 0 Å². The van der Waals surface area contributed by atoms with Gasteiger partial charge in [-0.1, -0.05) is 18.5 Å². The summed E-state index contributed by atoms with van der Waals surface area (Å²) in [6.07, 6.45) is -4.17. The predicted octanol–water partition coefficient (Wildman–Crippen LogP) is 3.03. The summed E-state index contributed by atoms with van der Waals surface area (Å²) in [6.45, 7) is 1.70. The van der Waals surface area contributed by atoms with Crippen molar-refractivity contribution >= 4 is 23.2 Å². The summed E-state index contributed by atoms with van der Waals surface area (Å²) in [6, 6.07) is 2.40. The van der Waals surface area contributed by atoms with Crippen molar-refractivity contribution in [2.75, 3.05) is 5.32 Å². The first-order valence-corrected chi connectivity index (χ1v) is 5.56. The van der Waals surface area contributed by atoms with E-state index in [1.807, 2.05) is 0 Å². The topological polar surface area (TPSA) is 55.1 Å². The van der Waals surface area contributed by atoms with Crippen molar-refractivity contribution < 1.29 is 18.0 Å². The van der Waals surface area contributed by atoms with Crippen molar-refractivity contribution in [3.8, 4) is 0 Å². The third-order valence-electron chi connectivity index (χ3n) is 2.32. The van der Waals surface area contributed by atoms with Gasteiger partial charge in [0.05, 0.1) is 16.6 Å². The van der Waals surface area contributed by atoms with E-state index in [0.717, 1.165) is 12.1 Å². The van der Waals surface area contributed by atoms with Gasteiger partial charge in [-0.2, -0.15) is 13.2 Å². The van der Waals surface area contributed by atoms with Crippen LogP contribution in [0.1, 0.15) is 18.9 Å². The molecule has 18 heavy (non-hydrogen) atoms. The Morgan fingerprint density at radius 2 is 2.11 bits per heavy atom. The van der Waals surface area contributed by atoms with Gasteiger partial charge >= 0.3 is 6.18 Å². The summed E-state index contributed by atoms with van der Waals surface area (Å²) in [5, 5.41) is 1.89. The second-order valence-corrected chi connectivity index (χ2v) is 4.10. The van der Waals surface area contributed by atoms with Crippen LogP contribution < -0.4 is 11.1 Å². The summed E-state index contributed by atoms with van der Waals surface area (Å²) in [5.74, 6) is -0.534. The Labute approximate surface area is 107 Å². The molecule has 0 heterocycles. The highest BCUT2D eigenvalue weighted by Crippen LogP contribution is 2.36. The zero-order valence-corrected chi connectivity index (χ0v) is 10.3. The minimum absolute atomic E-state index is 0.0145. The van der Waals surface area contributed by atoms with Gasteiger partial charge in [-0.05, 0) is 24.6 Å². The summed E-state index contributed by atoms with van der Waals surface area (Å²) < 4.78 is 37.7. The Balaban J connectivity index is 2.96. The van der Waals surface area contributed by atoms with Crippen molar-refractivity contribution in [3.63, 3.8) is 0 Å². The van der Waals surface area contributed by atoms with Gasteiger partial charge in [0.25, 0.3) is 0 Å². The van der Waals surface area contributed by atoms with Crippen LogP contribution in [0.2, 0.25) is 5.02 Å². The molecule has 0 saturated heterocycles. The van der Waals surface area contributed by atoms with Crippen LogP contribution in [0.15, 0.2) is 18.2 Å². The molecule has 3 N–H and O–H groups in total. The van der Waals surface area contributed by atoms with E-state index in [0.29, 0.717) is 6.42 Å². The number of benzene rings is 1. The molecule has 0 aliphatic rings. The van der Waals surface area contributed by atoms with Crippen LogP contribution in [0.5, 0.6) is 0 Å². The van der Waals surface area contributed by atoms with Crippen molar-refractivity contribution in [1.82, 2.24) is 0 Å². The smallest absolute Gasteiger partial charge is 0.325 e. The fourth-order valence-corrected chi connectivity index (χ4v) is 1.47. The molecule has 0 aliphatic carbocycles. The molecule has 0 saturated carbocycles. The Kier molecular flexibility index (Phi) is 4.59. The summed E-state index contributed by atoms with van der Waals surface area (Å²) >= 11 is 5.45. The first-order valence-electron chi connectivity index (χ1n) is 5.19. The Morgan fingerprint density at radius 3 is 2.61 bits per heavy atom. The number of carbonyl (C=O) groups is 1. The van der Waals surface area contributed by atoms with Gasteiger partial charge in [0.1, 0.15) is 0 Å².